The van der Waals surface area contributed by atoms with Crippen LogP contribution in [-0.4, -0.2) is 9.97 Å². The molecule has 0 saturated carbocycles. The fraction of sp³-hybridized carbons (Fsp3) is 0.333. The number of aryl methyl sites for hydroxylation is 1. The van der Waals surface area contributed by atoms with Crippen LogP contribution < -0.4 is 11.3 Å². The number of nitrogens with two attached hydrogens (primary N) is 1. The highest BCUT2D eigenvalue weighted by Crippen LogP contribution is 2.30. The third-order valence-electron chi connectivity index (χ3n) is 3.29. The van der Waals surface area contributed by atoms with Gasteiger partial charge in [0.2, 0.25) is 5.95 Å². The molecule has 118 valence electrons. The molecule has 0 bridgehead atoms. The second-order valence-corrected chi connectivity index (χ2v) is 4.97. The van der Waals surface area contributed by atoms with Crippen LogP contribution in [-0.2, 0) is 19.0 Å². The van der Waals surface area contributed by atoms with E-state index in [1.807, 2.05) is 30.3 Å². The van der Waals surface area contributed by atoms with Crippen LogP contribution in [0.5, 0.6) is 0 Å². The van der Waals surface area contributed by atoms with Gasteiger partial charge in [0.15, 0.2) is 5.69 Å². The molecule has 0 amide bonds. The molecule has 2 rings (SSSR count). The monoisotopic (exact) mass is 311 g/mol. The number of H-pyrrole nitrogens is 1. The minimum atomic E-state index is -4.68. The summed E-state index contributed by atoms with van der Waals surface area (Å²) in [6.07, 6.45) is -2.76. The Morgan fingerprint density at radius 3 is 2.36 bits per heavy atom. The number of nitrogen functional groups attached to an aromatic ring is 1. The van der Waals surface area contributed by atoms with Gasteiger partial charge in [-0.3, -0.25) is 9.78 Å². The number of nitrogens with one attached hydrogen (secondary N) is 1. The molecular weight excluding hydrogens is 295 g/mol. The summed E-state index contributed by atoms with van der Waals surface area (Å²) in [5, 5.41) is 0. The van der Waals surface area contributed by atoms with Gasteiger partial charge in [-0.05, 0) is 31.2 Å². The van der Waals surface area contributed by atoms with Crippen LogP contribution in [0.4, 0.5) is 19.1 Å². The number of aromatic amines is 1. The SMILES string of the molecule is Nc1nc(C(F)(F)F)c(CCCCc2ccccc2)c(=O)[nH]1. The van der Waals surface area contributed by atoms with E-state index in [1.54, 1.807) is 0 Å². The summed E-state index contributed by atoms with van der Waals surface area (Å²) in [7, 11) is 0. The first kappa shape index (κ1) is 16.1. The number of anilines is 1. The molecule has 1 heterocycles. The maximum Gasteiger partial charge on any atom is 0.433 e. The van der Waals surface area contributed by atoms with Gasteiger partial charge >= 0.3 is 6.18 Å². The zero-order valence-electron chi connectivity index (χ0n) is 11.8. The number of halogens is 3. The number of nitrogens with zero attached hydrogens (tertiary/aromatic N) is 1. The average Bonchev–Trinajstić information content (AvgIpc) is 2.45. The zero-order chi connectivity index (χ0) is 16.2. The molecule has 2 aromatic rings. The number of hydrogen-bond acceptors (Lipinski definition) is 3. The third-order valence-corrected chi connectivity index (χ3v) is 3.29. The lowest BCUT2D eigenvalue weighted by Gasteiger charge is -2.11. The number of benzene rings is 1. The molecule has 1 aromatic heterocycles. The molecule has 3 N–H and O–H groups in total. The molecule has 4 nitrogen and oxygen atoms in total. The lowest BCUT2D eigenvalue weighted by molar-refractivity contribution is -0.141. The Labute approximate surface area is 125 Å². The topological polar surface area (TPSA) is 71.8 Å². The predicted octanol–water partition coefficient (Wildman–Crippen LogP) is 2.94. The van der Waals surface area contributed by atoms with E-state index < -0.39 is 23.4 Å². The van der Waals surface area contributed by atoms with Crippen molar-refractivity contribution in [3.8, 4) is 0 Å². The highest BCUT2D eigenvalue weighted by Gasteiger charge is 2.36. The van der Waals surface area contributed by atoms with Gasteiger partial charge in [0.05, 0.1) is 0 Å². The van der Waals surface area contributed by atoms with Crippen LogP contribution in [0.1, 0.15) is 29.7 Å². The van der Waals surface area contributed by atoms with Gasteiger partial charge in [0.25, 0.3) is 5.56 Å². The Morgan fingerprint density at radius 2 is 1.73 bits per heavy atom. The third kappa shape index (κ3) is 4.09. The van der Waals surface area contributed by atoms with Crippen molar-refractivity contribution in [1.29, 1.82) is 0 Å². The van der Waals surface area contributed by atoms with Crippen LogP contribution in [0, 0.1) is 0 Å². The zero-order valence-corrected chi connectivity index (χ0v) is 11.8. The quantitative estimate of drug-likeness (QED) is 0.834. The molecule has 0 unspecified atom stereocenters. The summed E-state index contributed by atoms with van der Waals surface area (Å²) in [5.41, 5.74) is 3.94. The van der Waals surface area contributed by atoms with Crippen molar-refractivity contribution in [1.82, 2.24) is 9.97 Å². The second-order valence-electron chi connectivity index (χ2n) is 4.97. The van der Waals surface area contributed by atoms with Gasteiger partial charge in [-0.25, -0.2) is 4.98 Å². The maximum atomic E-state index is 12.9. The summed E-state index contributed by atoms with van der Waals surface area (Å²) in [6, 6.07) is 9.63. The minimum Gasteiger partial charge on any atom is -0.369 e. The van der Waals surface area contributed by atoms with Crippen molar-refractivity contribution < 1.29 is 13.2 Å². The highest BCUT2D eigenvalue weighted by molar-refractivity contribution is 5.27. The summed E-state index contributed by atoms with van der Waals surface area (Å²) in [6.45, 7) is 0. The number of unbranched alkanes of at least 4 members (excludes halogenated alkanes) is 1. The standard InChI is InChI=1S/C15H16F3N3O/c16-15(17,18)12-11(13(22)21-14(19)20-12)9-5-4-8-10-6-2-1-3-7-10/h1-3,6-7H,4-5,8-9H2,(H3,19,20,21,22). The van der Waals surface area contributed by atoms with Gasteiger partial charge in [-0.15, -0.1) is 0 Å². The van der Waals surface area contributed by atoms with Gasteiger partial charge in [-0.1, -0.05) is 30.3 Å². The van der Waals surface area contributed by atoms with Crippen molar-refractivity contribution in [2.45, 2.75) is 31.9 Å². The summed E-state index contributed by atoms with van der Waals surface area (Å²) < 4.78 is 38.7. The Morgan fingerprint density at radius 1 is 1.09 bits per heavy atom. The van der Waals surface area contributed by atoms with Crippen molar-refractivity contribution in [2.75, 3.05) is 5.73 Å². The molecule has 7 heteroatoms. The number of hydrogen-bond donors (Lipinski definition) is 2. The summed E-state index contributed by atoms with van der Waals surface area (Å²) >= 11 is 0. The minimum absolute atomic E-state index is 0.0181. The molecule has 1 aromatic carbocycles. The fourth-order valence-electron chi connectivity index (χ4n) is 2.26. The first-order chi connectivity index (χ1) is 10.4. The first-order valence-electron chi connectivity index (χ1n) is 6.87. The largest absolute Gasteiger partial charge is 0.433 e. The lowest BCUT2D eigenvalue weighted by Crippen LogP contribution is -2.24. The fourth-order valence-corrected chi connectivity index (χ4v) is 2.26. The number of aromatic nitrogens is 2. The Bertz CT molecular complexity index is 681. The molecule has 0 aliphatic heterocycles. The molecule has 0 saturated heterocycles. The predicted molar refractivity (Wildman–Crippen MR) is 77.4 cm³/mol. The molecule has 0 fully saturated rings. The van der Waals surface area contributed by atoms with Crippen LogP contribution in [0.2, 0.25) is 0 Å². The molecule has 0 spiro atoms. The van der Waals surface area contributed by atoms with Gasteiger partial charge in [-0.2, -0.15) is 13.2 Å². The van der Waals surface area contributed by atoms with Crippen molar-refractivity contribution in [2.24, 2.45) is 0 Å². The van der Waals surface area contributed by atoms with Crippen molar-refractivity contribution in [3.63, 3.8) is 0 Å². The average molecular weight is 311 g/mol. The van der Waals surface area contributed by atoms with Crippen LogP contribution >= 0.6 is 0 Å². The van der Waals surface area contributed by atoms with E-state index in [4.69, 9.17) is 5.73 Å². The smallest absolute Gasteiger partial charge is 0.369 e. The molecule has 22 heavy (non-hydrogen) atoms. The lowest BCUT2D eigenvalue weighted by atomic mass is 10.0. The van der Waals surface area contributed by atoms with E-state index in [9.17, 15) is 18.0 Å². The normalized spacial score (nSPS) is 11.6. The van der Waals surface area contributed by atoms with Crippen molar-refractivity contribution >= 4 is 5.95 Å². The Hall–Kier alpha value is -2.31. The van der Waals surface area contributed by atoms with Gasteiger partial charge in [0.1, 0.15) is 0 Å². The summed E-state index contributed by atoms with van der Waals surface area (Å²) in [5.74, 6) is -0.523. The first-order valence-corrected chi connectivity index (χ1v) is 6.87. The van der Waals surface area contributed by atoms with Crippen LogP contribution in [0.3, 0.4) is 0 Å². The molecule has 0 aliphatic carbocycles. The molecular formula is C15H16F3N3O. The van der Waals surface area contributed by atoms with E-state index in [0.29, 0.717) is 12.8 Å². The van der Waals surface area contributed by atoms with Gasteiger partial charge in [0, 0.05) is 5.56 Å². The van der Waals surface area contributed by atoms with E-state index in [0.717, 1.165) is 12.0 Å². The Balaban J connectivity index is 2.05. The van der Waals surface area contributed by atoms with E-state index in [2.05, 4.69) is 9.97 Å². The second kappa shape index (κ2) is 6.64. The molecule has 0 aliphatic rings. The highest BCUT2D eigenvalue weighted by atomic mass is 19.4. The van der Waals surface area contributed by atoms with Gasteiger partial charge < -0.3 is 5.73 Å². The number of rotatable bonds is 5. The van der Waals surface area contributed by atoms with E-state index in [-0.39, 0.29) is 12.0 Å². The summed E-state index contributed by atoms with van der Waals surface area (Å²) in [4.78, 5) is 17.1. The number of alkyl halides is 3. The molecule has 0 radical (unpaired) electrons. The Kier molecular flexibility index (Phi) is 4.85. The van der Waals surface area contributed by atoms with Crippen LogP contribution in [0.25, 0.3) is 0 Å². The van der Waals surface area contributed by atoms with E-state index in [1.165, 1.54) is 0 Å². The maximum absolute atomic E-state index is 12.9. The van der Waals surface area contributed by atoms with Crippen LogP contribution in [0.15, 0.2) is 35.1 Å². The van der Waals surface area contributed by atoms with Crippen molar-refractivity contribution in [3.05, 3.63) is 57.5 Å². The van der Waals surface area contributed by atoms with E-state index >= 15 is 0 Å². The molecule has 0 atom stereocenters.